The average Bonchev–Trinajstić information content (AvgIpc) is 3.15. The molecule has 2 heterocycles. The van der Waals surface area contributed by atoms with Crippen LogP contribution in [0.1, 0.15) is 42.8 Å². The summed E-state index contributed by atoms with van der Waals surface area (Å²) in [7, 11) is 0. The van der Waals surface area contributed by atoms with Crippen LogP contribution < -0.4 is 0 Å². The van der Waals surface area contributed by atoms with Gasteiger partial charge in [0.1, 0.15) is 5.82 Å². The zero-order chi connectivity index (χ0) is 15.8. The van der Waals surface area contributed by atoms with Crippen molar-refractivity contribution in [2.45, 2.75) is 43.1 Å². The molecule has 0 spiro atoms. The molecule has 4 rings (SSSR count). The topological polar surface area (TPSA) is 69.6 Å². The number of hydrogen-bond acceptors (Lipinski definition) is 6. The molecule has 1 saturated carbocycles. The van der Waals surface area contributed by atoms with Gasteiger partial charge in [0.15, 0.2) is 5.16 Å². The van der Waals surface area contributed by atoms with Crippen LogP contribution in [0.5, 0.6) is 0 Å². The zero-order valence-corrected chi connectivity index (χ0v) is 13.8. The third-order valence-electron chi connectivity index (χ3n) is 3.84. The lowest BCUT2D eigenvalue weighted by atomic mass is 10.2. The van der Waals surface area contributed by atoms with E-state index in [-0.39, 0.29) is 5.25 Å². The van der Waals surface area contributed by atoms with Crippen molar-refractivity contribution in [1.82, 2.24) is 25.0 Å². The molecule has 1 fully saturated rings. The molecule has 3 aromatic rings. The fourth-order valence-electron chi connectivity index (χ4n) is 2.49. The van der Waals surface area contributed by atoms with E-state index < -0.39 is 0 Å². The third kappa shape index (κ3) is 2.88. The highest BCUT2D eigenvalue weighted by molar-refractivity contribution is 7.99. The van der Waals surface area contributed by atoms with Crippen molar-refractivity contribution < 1.29 is 4.42 Å². The Morgan fingerprint density at radius 1 is 1.13 bits per heavy atom. The highest BCUT2D eigenvalue weighted by Gasteiger charge is 2.29. The van der Waals surface area contributed by atoms with Gasteiger partial charge in [0.25, 0.3) is 0 Å². The Hall–Kier alpha value is -2.15. The van der Waals surface area contributed by atoms with Gasteiger partial charge in [0.2, 0.25) is 11.8 Å². The minimum atomic E-state index is 0.0288. The summed E-state index contributed by atoms with van der Waals surface area (Å²) in [5.41, 5.74) is 0.931. The molecule has 7 heteroatoms. The first kappa shape index (κ1) is 14.4. The number of hydrogen-bond donors (Lipinski definition) is 0. The second kappa shape index (κ2) is 5.81. The van der Waals surface area contributed by atoms with E-state index in [0.29, 0.717) is 17.8 Å². The molecule has 0 aliphatic heterocycles. The Bertz CT molecular complexity index is 809. The number of thioether (sulfide) groups is 1. The summed E-state index contributed by atoms with van der Waals surface area (Å²) in [4.78, 5) is 0. The molecule has 1 aliphatic rings. The summed E-state index contributed by atoms with van der Waals surface area (Å²) in [6, 6.07) is 10.4. The highest BCUT2D eigenvalue weighted by atomic mass is 32.2. The zero-order valence-electron chi connectivity index (χ0n) is 13.0. The van der Waals surface area contributed by atoms with E-state index in [4.69, 9.17) is 4.42 Å². The molecule has 0 N–H and O–H groups in total. The van der Waals surface area contributed by atoms with E-state index in [1.54, 1.807) is 11.8 Å². The van der Waals surface area contributed by atoms with Crippen LogP contribution in [0.15, 0.2) is 39.9 Å². The van der Waals surface area contributed by atoms with Crippen molar-refractivity contribution >= 4 is 11.8 Å². The van der Waals surface area contributed by atoms with E-state index in [0.717, 1.165) is 16.5 Å². The van der Waals surface area contributed by atoms with Crippen LogP contribution in [0.2, 0.25) is 0 Å². The van der Waals surface area contributed by atoms with Crippen LogP contribution in [0.4, 0.5) is 0 Å². The van der Waals surface area contributed by atoms with E-state index in [1.807, 2.05) is 44.2 Å². The molecule has 118 valence electrons. The highest BCUT2D eigenvalue weighted by Crippen LogP contribution is 2.41. The third-order valence-corrected chi connectivity index (χ3v) is 4.88. The number of aromatic nitrogens is 5. The number of rotatable bonds is 5. The van der Waals surface area contributed by atoms with Gasteiger partial charge >= 0.3 is 0 Å². The molecule has 6 nitrogen and oxygen atoms in total. The quantitative estimate of drug-likeness (QED) is 0.663. The van der Waals surface area contributed by atoms with Crippen LogP contribution in [0, 0.1) is 6.92 Å². The minimum absolute atomic E-state index is 0.0288. The van der Waals surface area contributed by atoms with E-state index in [1.165, 1.54) is 12.8 Å². The van der Waals surface area contributed by atoms with E-state index in [9.17, 15) is 0 Å². The van der Waals surface area contributed by atoms with Crippen molar-refractivity contribution in [2.75, 3.05) is 0 Å². The summed E-state index contributed by atoms with van der Waals surface area (Å²) in [6.45, 7) is 4.05. The molecule has 0 bridgehead atoms. The fraction of sp³-hybridized carbons (Fsp3) is 0.375. The molecule has 0 amide bonds. The monoisotopic (exact) mass is 327 g/mol. The van der Waals surface area contributed by atoms with Gasteiger partial charge in [0, 0.05) is 11.6 Å². The number of nitrogens with zero attached hydrogens (tertiary/aromatic N) is 5. The molecule has 2 aromatic heterocycles. The Balaban J connectivity index is 1.54. The Morgan fingerprint density at radius 3 is 2.65 bits per heavy atom. The molecular weight excluding hydrogens is 310 g/mol. The minimum Gasteiger partial charge on any atom is -0.419 e. The van der Waals surface area contributed by atoms with Gasteiger partial charge in [0.05, 0.1) is 5.25 Å². The maximum atomic E-state index is 5.83. The predicted molar refractivity (Wildman–Crippen MR) is 87.0 cm³/mol. The van der Waals surface area contributed by atoms with Crippen LogP contribution in [0.3, 0.4) is 0 Å². The molecule has 23 heavy (non-hydrogen) atoms. The van der Waals surface area contributed by atoms with Crippen molar-refractivity contribution in [2.24, 2.45) is 0 Å². The maximum absolute atomic E-state index is 5.83. The van der Waals surface area contributed by atoms with Crippen molar-refractivity contribution in [3.05, 3.63) is 42.0 Å². The standard InChI is InChI=1S/C16H17N5OS/c1-10(23-16-20-17-11(2)21(16)13-8-9-13)14-18-19-15(22-14)12-6-4-3-5-7-12/h3-7,10,13H,8-9H2,1-2H3/t10-/m1/s1. The predicted octanol–water partition coefficient (Wildman–Crippen LogP) is 3.82. The second-order valence-corrected chi connectivity index (χ2v) is 7.01. The lowest BCUT2D eigenvalue weighted by Crippen LogP contribution is -2.00. The van der Waals surface area contributed by atoms with Crippen LogP contribution >= 0.6 is 11.8 Å². The first-order valence-electron chi connectivity index (χ1n) is 7.69. The Labute approximate surface area is 138 Å². The first-order chi connectivity index (χ1) is 11.2. The normalized spacial score (nSPS) is 15.7. The van der Waals surface area contributed by atoms with Crippen LogP contribution in [0.25, 0.3) is 11.5 Å². The number of aryl methyl sites for hydroxylation is 1. The summed E-state index contributed by atoms with van der Waals surface area (Å²) in [5, 5.41) is 17.8. The van der Waals surface area contributed by atoms with Crippen molar-refractivity contribution in [1.29, 1.82) is 0 Å². The Kier molecular flexibility index (Phi) is 3.65. The van der Waals surface area contributed by atoms with Gasteiger partial charge in [-0.05, 0) is 38.8 Å². The maximum Gasteiger partial charge on any atom is 0.247 e. The molecule has 0 saturated heterocycles. The van der Waals surface area contributed by atoms with Gasteiger partial charge in [-0.25, -0.2) is 0 Å². The van der Waals surface area contributed by atoms with E-state index >= 15 is 0 Å². The Morgan fingerprint density at radius 2 is 1.91 bits per heavy atom. The molecule has 1 atom stereocenters. The van der Waals surface area contributed by atoms with Crippen LogP contribution in [-0.4, -0.2) is 25.0 Å². The van der Waals surface area contributed by atoms with Gasteiger partial charge < -0.3 is 8.98 Å². The SMILES string of the molecule is Cc1nnc(S[C@H](C)c2nnc(-c3ccccc3)o2)n1C1CC1. The van der Waals surface area contributed by atoms with Gasteiger partial charge in [-0.2, -0.15) is 0 Å². The molecule has 0 unspecified atom stereocenters. The van der Waals surface area contributed by atoms with Gasteiger partial charge in [-0.15, -0.1) is 20.4 Å². The van der Waals surface area contributed by atoms with Crippen molar-refractivity contribution in [3.8, 4) is 11.5 Å². The molecule has 1 aromatic carbocycles. The van der Waals surface area contributed by atoms with Gasteiger partial charge in [-0.3, -0.25) is 0 Å². The molecule has 1 aliphatic carbocycles. The summed E-state index contributed by atoms with van der Waals surface area (Å²) in [5.74, 6) is 2.13. The smallest absolute Gasteiger partial charge is 0.247 e. The second-order valence-electron chi connectivity index (χ2n) is 5.70. The van der Waals surface area contributed by atoms with Gasteiger partial charge in [-0.1, -0.05) is 30.0 Å². The number of benzene rings is 1. The average molecular weight is 327 g/mol. The largest absolute Gasteiger partial charge is 0.419 e. The summed E-state index contributed by atoms with van der Waals surface area (Å²) >= 11 is 1.61. The summed E-state index contributed by atoms with van der Waals surface area (Å²) in [6.07, 6.45) is 2.42. The lowest BCUT2D eigenvalue weighted by molar-refractivity contribution is 0.508. The first-order valence-corrected chi connectivity index (χ1v) is 8.57. The van der Waals surface area contributed by atoms with Crippen molar-refractivity contribution in [3.63, 3.8) is 0 Å². The fourth-order valence-corrected chi connectivity index (χ4v) is 3.48. The lowest BCUT2D eigenvalue weighted by Gasteiger charge is -2.08. The van der Waals surface area contributed by atoms with Crippen LogP contribution in [-0.2, 0) is 0 Å². The van der Waals surface area contributed by atoms with E-state index in [2.05, 4.69) is 25.0 Å². The molecule has 0 radical (unpaired) electrons. The molecular formula is C16H17N5OS. The summed E-state index contributed by atoms with van der Waals surface area (Å²) < 4.78 is 8.04.